The molecular weight excluding hydrogens is 408 g/mol. The van der Waals surface area contributed by atoms with Crippen molar-refractivity contribution in [3.05, 3.63) is 53.6 Å². The Bertz CT molecular complexity index is 857. The second-order valence-electron chi connectivity index (χ2n) is 4.95. The molecule has 0 fully saturated rings. The minimum Gasteiger partial charge on any atom is -0.467 e. The van der Waals surface area contributed by atoms with Crippen molar-refractivity contribution >= 4 is 33.6 Å². The van der Waals surface area contributed by atoms with Gasteiger partial charge in [0.1, 0.15) is 5.76 Å². The second kappa shape index (κ2) is 8.21. The number of furan rings is 2. The Morgan fingerprint density at radius 1 is 1.40 bits per heavy atom. The number of amides is 1. The molecule has 1 N–H and O–H groups in total. The molecule has 0 aromatic carbocycles. The number of allylic oxidation sites excluding steroid dienone is 1. The average Bonchev–Trinajstić information content (AvgIpc) is 3.33. The summed E-state index contributed by atoms with van der Waals surface area (Å²) in [5, 5.41) is 11.7. The quantitative estimate of drug-likeness (QED) is 0.441. The third-order valence-corrected chi connectivity index (χ3v) is 4.59. The Hall–Kier alpha value is -2.26. The van der Waals surface area contributed by atoms with E-state index < -0.39 is 0 Å². The van der Waals surface area contributed by atoms with Gasteiger partial charge in [0.15, 0.2) is 15.6 Å². The normalized spacial score (nSPS) is 10.8. The summed E-state index contributed by atoms with van der Waals surface area (Å²) in [7, 11) is 0. The maximum Gasteiger partial charge on any atom is 0.230 e. The van der Waals surface area contributed by atoms with Crippen LogP contribution in [0.4, 0.5) is 0 Å². The number of rotatable bonds is 8. The number of hydrogen-bond acceptors (Lipinski definition) is 6. The predicted molar refractivity (Wildman–Crippen MR) is 96.9 cm³/mol. The lowest BCUT2D eigenvalue weighted by Gasteiger charge is -2.06. The molecular formula is C16H15BrN4O3S. The van der Waals surface area contributed by atoms with E-state index in [1.165, 1.54) is 11.8 Å². The molecule has 0 saturated heterocycles. The molecule has 0 aliphatic carbocycles. The van der Waals surface area contributed by atoms with Crippen LogP contribution in [0.3, 0.4) is 0 Å². The topological polar surface area (TPSA) is 86.1 Å². The number of hydrogen-bond donors (Lipinski definition) is 1. The van der Waals surface area contributed by atoms with Crippen molar-refractivity contribution in [1.29, 1.82) is 0 Å². The first-order valence-electron chi connectivity index (χ1n) is 7.39. The highest BCUT2D eigenvalue weighted by molar-refractivity contribution is 9.10. The van der Waals surface area contributed by atoms with E-state index in [4.69, 9.17) is 8.83 Å². The molecule has 3 heterocycles. The van der Waals surface area contributed by atoms with Crippen LogP contribution in [0.5, 0.6) is 0 Å². The number of nitrogens with zero attached hydrogens (tertiary/aromatic N) is 3. The summed E-state index contributed by atoms with van der Waals surface area (Å²) >= 11 is 4.57. The van der Waals surface area contributed by atoms with Gasteiger partial charge in [-0.1, -0.05) is 17.8 Å². The lowest BCUT2D eigenvalue weighted by atomic mass is 10.4. The van der Waals surface area contributed by atoms with Crippen LogP contribution < -0.4 is 5.32 Å². The molecule has 0 aliphatic rings. The number of halogens is 1. The molecule has 0 radical (unpaired) electrons. The van der Waals surface area contributed by atoms with Gasteiger partial charge in [-0.2, -0.15) is 0 Å². The summed E-state index contributed by atoms with van der Waals surface area (Å²) in [5.41, 5.74) is 0. The zero-order valence-corrected chi connectivity index (χ0v) is 15.5. The van der Waals surface area contributed by atoms with Crippen molar-refractivity contribution in [1.82, 2.24) is 20.1 Å². The largest absolute Gasteiger partial charge is 0.467 e. The SMILES string of the molecule is C=CCn1c(SCC(=O)NCc2ccco2)nnc1-c1ccc(Br)o1. The number of thioether (sulfide) groups is 1. The van der Waals surface area contributed by atoms with Crippen molar-refractivity contribution in [3.63, 3.8) is 0 Å². The van der Waals surface area contributed by atoms with E-state index in [1.807, 2.05) is 10.6 Å². The van der Waals surface area contributed by atoms with Gasteiger partial charge in [-0.15, -0.1) is 16.8 Å². The molecule has 3 aromatic heterocycles. The first-order valence-corrected chi connectivity index (χ1v) is 9.17. The van der Waals surface area contributed by atoms with Gasteiger partial charge in [0.05, 0.1) is 18.6 Å². The molecule has 0 aliphatic heterocycles. The second-order valence-corrected chi connectivity index (χ2v) is 6.68. The lowest BCUT2D eigenvalue weighted by Crippen LogP contribution is -2.24. The highest BCUT2D eigenvalue weighted by atomic mass is 79.9. The van der Waals surface area contributed by atoms with Crippen LogP contribution in [0.15, 0.2) is 61.8 Å². The van der Waals surface area contributed by atoms with Crippen LogP contribution in [0.25, 0.3) is 11.6 Å². The van der Waals surface area contributed by atoms with Gasteiger partial charge in [0, 0.05) is 6.54 Å². The van der Waals surface area contributed by atoms with E-state index in [0.717, 1.165) is 0 Å². The summed E-state index contributed by atoms with van der Waals surface area (Å²) < 4.78 is 13.2. The monoisotopic (exact) mass is 422 g/mol. The molecule has 1 amide bonds. The Kier molecular flexibility index (Phi) is 5.77. The predicted octanol–water partition coefficient (Wildman–Crippen LogP) is 3.49. The van der Waals surface area contributed by atoms with E-state index in [2.05, 4.69) is 38.0 Å². The zero-order valence-electron chi connectivity index (χ0n) is 13.1. The van der Waals surface area contributed by atoms with Gasteiger partial charge in [-0.3, -0.25) is 9.36 Å². The first-order chi connectivity index (χ1) is 12.2. The van der Waals surface area contributed by atoms with Crippen LogP contribution in [0.2, 0.25) is 0 Å². The third kappa shape index (κ3) is 4.43. The van der Waals surface area contributed by atoms with Crippen molar-refractivity contribution in [2.45, 2.75) is 18.2 Å². The van der Waals surface area contributed by atoms with Gasteiger partial charge in [0.25, 0.3) is 0 Å². The highest BCUT2D eigenvalue weighted by Gasteiger charge is 2.17. The number of nitrogens with one attached hydrogen (secondary N) is 1. The van der Waals surface area contributed by atoms with Gasteiger partial charge < -0.3 is 14.2 Å². The van der Waals surface area contributed by atoms with Crippen molar-refractivity contribution in [3.8, 4) is 11.6 Å². The van der Waals surface area contributed by atoms with E-state index in [-0.39, 0.29) is 11.7 Å². The minimum atomic E-state index is -0.114. The molecule has 7 nitrogen and oxygen atoms in total. The summed E-state index contributed by atoms with van der Waals surface area (Å²) in [6.45, 7) is 4.62. The maximum atomic E-state index is 12.0. The molecule has 0 unspecified atom stereocenters. The van der Waals surface area contributed by atoms with Gasteiger partial charge >= 0.3 is 0 Å². The fourth-order valence-corrected chi connectivity index (χ4v) is 3.17. The fourth-order valence-electron chi connectivity index (χ4n) is 2.09. The average molecular weight is 423 g/mol. The van der Waals surface area contributed by atoms with E-state index in [1.54, 1.807) is 30.5 Å². The van der Waals surface area contributed by atoms with Crippen molar-refractivity contribution in [2.24, 2.45) is 0 Å². The summed E-state index contributed by atoms with van der Waals surface area (Å²) in [6.07, 6.45) is 3.31. The number of carbonyl (C=O) groups excluding carboxylic acids is 1. The Labute approximate surface area is 156 Å². The lowest BCUT2D eigenvalue weighted by molar-refractivity contribution is -0.118. The van der Waals surface area contributed by atoms with Crippen LogP contribution >= 0.6 is 27.7 Å². The van der Waals surface area contributed by atoms with Crippen LogP contribution in [-0.4, -0.2) is 26.4 Å². The summed E-state index contributed by atoms with van der Waals surface area (Å²) in [4.78, 5) is 12.0. The highest BCUT2D eigenvalue weighted by Crippen LogP contribution is 2.27. The summed E-state index contributed by atoms with van der Waals surface area (Å²) in [5.74, 6) is 1.99. The Morgan fingerprint density at radius 2 is 2.28 bits per heavy atom. The van der Waals surface area contributed by atoms with Gasteiger partial charge in [0.2, 0.25) is 11.7 Å². The minimum absolute atomic E-state index is 0.114. The van der Waals surface area contributed by atoms with Crippen LogP contribution in [-0.2, 0) is 17.9 Å². The van der Waals surface area contributed by atoms with Gasteiger partial charge in [-0.25, -0.2) is 0 Å². The standard InChI is InChI=1S/C16H15BrN4O3S/c1-2-7-21-15(12-5-6-13(17)24-12)19-20-16(21)25-10-14(22)18-9-11-4-3-8-23-11/h2-6,8H,1,7,9-10H2,(H,18,22). The third-order valence-electron chi connectivity index (χ3n) is 3.19. The molecule has 0 spiro atoms. The number of carbonyl (C=O) groups is 1. The van der Waals surface area contributed by atoms with Crippen molar-refractivity contribution in [2.75, 3.05) is 5.75 Å². The zero-order chi connectivity index (χ0) is 17.6. The molecule has 3 rings (SSSR count). The fraction of sp³-hybridized carbons (Fsp3) is 0.188. The van der Waals surface area contributed by atoms with Gasteiger partial charge in [-0.05, 0) is 40.2 Å². The number of aromatic nitrogens is 3. The first kappa shape index (κ1) is 17.6. The van der Waals surface area contributed by atoms with Crippen LogP contribution in [0, 0.1) is 0 Å². The molecule has 130 valence electrons. The Morgan fingerprint density at radius 3 is 2.96 bits per heavy atom. The molecule has 0 saturated carbocycles. The Balaban J connectivity index is 1.64. The van der Waals surface area contributed by atoms with E-state index in [9.17, 15) is 4.79 Å². The van der Waals surface area contributed by atoms with E-state index >= 15 is 0 Å². The molecule has 9 heteroatoms. The maximum absolute atomic E-state index is 12.0. The molecule has 25 heavy (non-hydrogen) atoms. The molecule has 3 aromatic rings. The summed E-state index contributed by atoms with van der Waals surface area (Å²) in [6, 6.07) is 7.18. The smallest absolute Gasteiger partial charge is 0.230 e. The molecule has 0 bridgehead atoms. The van der Waals surface area contributed by atoms with Crippen LogP contribution in [0.1, 0.15) is 5.76 Å². The van der Waals surface area contributed by atoms with Crippen molar-refractivity contribution < 1.29 is 13.6 Å². The van der Waals surface area contributed by atoms with E-state index in [0.29, 0.717) is 40.3 Å². The molecule has 0 atom stereocenters.